The molecule has 42 heavy (non-hydrogen) atoms. The van der Waals surface area contributed by atoms with Gasteiger partial charge in [-0.3, -0.25) is 9.69 Å². The second kappa shape index (κ2) is 10.8. The van der Waals surface area contributed by atoms with E-state index in [9.17, 15) is 18.0 Å². The molecule has 4 aliphatic rings. The highest BCUT2D eigenvalue weighted by Gasteiger charge is 2.37. The highest BCUT2D eigenvalue weighted by Crippen LogP contribution is 2.43. The van der Waals surface area contributed by atoms with Crippen LogP contribution in [-0.4, -0.2) is 95.3 Å². The van der Waals surface area contributed by atoms with Crippen LogP contribution in [0.25, 0.3) is 11.0 Å². The first-order valence-electron chi connectivity index (χ1n) is 14.4. The lowest BCUT2D eigenvalue weighted by molar-refractivity contribution is -0.136. The van der Waals surface area contributed by atoms with Crippen LogP contribution in [-0.2, 0) is 10.9 Å². The number of aromatic amines is 1. The van der Waals surface area contributed by atoms with E-state index in [1.807, 2.05) is 4.90 Å². The molecule has 11 nitrogen and oxygen atoms in total. The number of H-pyrrole nitrogens is 1. The molecule has 1 amide bonds. The van der Waals surface area contributed by atoms with Gasteiger partial charge in [-0.05, 0) is 25.0 Å². The number of hydrogen-bond acceptors (Lipinski definition) is 9. The summed E-state index contributed by atoms with van der Waals surface area (Å²) in [5.74, 6) is 0.739. The Balaban J connectivity index is 1.17. The Morgan fingerprint density at radius 1 is 1.00 bits per heavy atom. The molecule has 1 aromatic carbocycles. The number of anilines is 3. The minimum atomic E-state index is -4.56. The molecular weight excluding hydrogens is 555 g/mol. The van der Waals surface area contributed by atoms with Crippen LogP contribution in [0.4, 0.5) is 30.6 Å². The minimum absolute atomic E-state index is 0.0330. The SMILES string of the molecule is O=C(c1ccc(Nc2nc(NC3CCCC3)c3c(C(F)(F)F)c[nH]c3n2)c2c1OCCO2)N1CCN(C2COC2)CC1. The summed E-state index contributed by atoms with van der Waals surface area (Å²) in [6, 6.07) is 3.83. The van der Waals surface area contributed by atoms with Gasteiger partial charge in [0, 0.05) is 38.4 Å². The third kappa shape index (κ3) is 5.06. The number of benzene rings is 1. The highest BCUT2D eigenvalue weighted by atomic mass is 19.4. The van der Waals surface area contributed by atoms with E-state index >= 15 is 0 Å². The molecule has 7 rings (SSSR count). The second-order valence-corrected chi connectivity index (χ2v) is 11.1. The Bertz CT molecular complexity index is 1480. The topological polar surface area (TPSA) is 117 Å². The van der Waals surface area contributed by atoms with Crippen molar-refractivity contribution in [2.45, 2.75) is 43.9 Å². The summed E-state index contributed by atoms with van der Waals surface area (Å²) in [5.41, 5.74) is 0.0915. The first kappa shape index (κ1) is 27.1. The molecule has 2 aromatic heterocycles. The normalized spacial score (nSPS) is 20.1. The van der Waals surface area contributed by atoms with E-state index in [4.69, 9.17) is 14.2 Å². The van der Waals surface area contributed by atoms with Gasteiger partial charge in [0.05, 0.1) is 41.5 Å². The van der Waals surface area contributed by atoms with Crippen LogP contribution >= 0.6 is 0 Å². The second-order valence-electron chi connectivity index (χ2n) is 11.1. The fraction of sp³-hybridized carbons (Fsp3) is 0.536. The van der Waals surface area contributed by atoms with Gasteiger partial charge < -0.3 is 34.7 Å². The van der Waals surface area contributed by atoms with Crippen molar-refractivity contribution in [3.05, 3.63) is 29.5 Å². The Morgan fingerprint density at radius 3 is 2.43 bits per heavy atom. The molecule has 2 saturated heterocycles. The lowest BCUT2D eigenvalue weighted by Crippen LogP contribution is -2.57. The molecule has 0 bridgehead atoms. The number of nitrogens with zero attached hydrogens (tertiary/aromatic N) is 4. The molecule has 0 unspecified atom stereocenters. The van der Waals surface area contributed by atoms with Crippen LogP contribution in [0.5, 0.6) is 11.5 Å². The molecule has 3 N–H and O–H groups in total. The molecule has 3 aromatic rings. The maximum absolute atomic E-state index is 13.8. The van der Waals surface area contributed by atoms with Crippen LogP contribution in [0.15, 0.2) is 18.3 Å². The molecule has 3 aliphatic heterocycles. The largest absolute Gasteiger partial charge is 0.485 e. The van der Waals surface area contributed by atoms with Gasteiger partial charge in [-0.1, -0.05) is 12.8 Å². The monoisotopic (exact) mass is 587 g/mol. The van der Waals surface area contributed by atoms with Gasteiger partial charge in [0.1, 0.15) is 24.7 Å². The van der Waals surface area contributed by atoms with Crippen molar-refractivity contribution in [1.82, 2.24) is 24.8 Å². The summed E-state index contributed by atoms with van der Waals surface area (Å²) in [4.78, 5) is 29.2. The van der Waals surface area contributed by atoms with Crippen molar-refractivity contribution in [3.8, 4) is 11.5 Å². The summed E-state index contributed by atoms with van der Waals surface area (Å²) in [6.45, 7) is 4.81. The zero-order valence-corrected chi connectivity index (χ0v) is 22.9. The standard InChI is InChI=1S/C28H32F3N7O4/c29-28(30,31)19-13-32-24-21(19)25(33-16-3-1-2-4-16)36-27(35-24)34-20-6-5-18(22-23(20)42-12-11-41-22)26(39)38-9-7-37(8-10-38)17-14-40-15-17/h5-6,13,16-17H,1-4,7-12,14-15H2,(H3,32,33,34,35,36). The predicted molar refractivity (Wildman–Crippen MR) is 148 cm³/mol. The zero-order chi connectivity index (χ0) is 28.8. The van der Waals surface area contributed by atoms with Crippen LogP contribution in [0.1, 0.15) is 41.6 Å². The Labute approximate surface area is 239 Å². The third-order valence-electron chi connectivity index (χ3n) is 8.44. The van der Waals surface area contributed by atoms with Crippen molar-refractivity contribution in [1.29, 1.82) is 0 Å². The summed E-state index contributed by atoms with van der Waals surface area (Å²) in [7, 11) is 0. The van der Waals surface area contributed by atoms with E-state index in [1.165, 1.54) is 0 Å². The third-order valence-corrected chi connectivity index (χ3v) is 8.44. The number of alkyl halides is 3. The zero-order valence-electron chi connectivity index (χ0n) is 22.9. The van der Waals surface area contributed by atoms with E-state index in [1.54, 1.807) is 12.1 Å². The van der Waals surface area contributed by atoms with Crippen LogP contribution in [0.3, 0.4) is 0 Å². The van der Waals surface area contributed by atoms with Crippen LogP contribution in [0, 0.1) is 0 Å². The number of fused-ring (bicyclic) bond motifs is 2. The quantitative estimate of drug-likeness (QED) is 0.394. The Morgan fingerprint density at radius 2 is 1.74 bits per heavy atom. The van der Waals surface area contributed by atoms with Gasteiger partial charge in [-0.25, -0.2) is 0 Å². The number of halogens is 3. The van der Waals surface area contributed by atoms with Crippen molar-refractivity contribution in [2.75, 3.05) is 63.2 Å². The van der Waals surface area contributed by atoms with Gasteiger partial charge in [-0.2, -0.15) is 23.1 Å². The number of carbonyl (C=O) groups excluding carboxylic acids is 1. The summed E-state index contributed by atoms with van der Waals surface area (Å²) < 4.78 is 58.6. The number of rotatable bonds is 6. The van der Waals surface area contributed by atoms with Crippen LogP contribution in [0.2, 0.25) is 0 Å². The molecule has 5 heterocycles. The number of carbonyl (C=O) groups is 1. The first-order valence-corrected chi connectivity index (χ1v) is 14.4. The average Bonchev–Trinajstić information content (AvgIpc) is 3.63. The highest BCUT2D eigenvalue weighted by molar-refractivity contribution is 5.99. The van der Waals surface area contributed by atoms with Gasteiger partial charge >= 0.3 is 6.18 Å². The molecule has 0 atom stereocenters. The first-order chi connectivity index (χ1) is 20.3. The smallest absolute Gasteiger partial charge is 0.418 e. The van der Waals surface area contributed by atoms with E-state index in [0.717, 1.165) is 58.2 Å². The maximum atomic E-state index is 13.8. The van der Waals surface area contributed by atoms with E-state index < -0.39 is 11.7 Å². The van der Waals surface area contributed by atoms with Gasteiger partial charge in [0.2, 0.25) is 5.95 Å². The molecule has 0 radical (unpaired) electrons. The predicted octanol–water partition coefficient (Wildman–Crippen LogP) is 4.00. The summed E-state index contributed by atoms with van der Waals surface area (Å²) >= 11 is 0. The molecule has 14 heteroatoms. The van der Waals surface area contributed by atoms with E-state index in [2.05, 4.69) is 30.5 Å². The summed E-state index contributed by atoms with van der Waals surface area (Å²) in [6.07, 6.45) is 0.0952. The number of piperazine rings is 1. The lowest BCUT2D eigenvalue weighted by atomic mass is 10.1. The number of hydrogen-bond donors (Lipinski definition) is 3. The molecule has 224 valence electrons. The summed E-state index contributed by atoms with van der Waals surface area (Å²) in [5, 5.41) is 6.23. The average molecular weight is 588 g/mol. The van der Waals surface area contributed by atoms with Gasteiger partial charge in [0.25, 0.3) is 5.91 Å². The molecule has 0 spiro atoms. The van der Waals surface area contributed by atoms with Gasteiger partial charge in [-0.15, -0.1) is 0 Å². The van der Waals surface area contributed by atoms with Gasteiger partial charge in [0.15, 0.2) is 11.5 Å². The number of aromatic nitrogens is 3. The molecular formula is C28H32F3N7O4. The number of amides is 1. The van der Waals surface area contributed by atoms with Crippen LogP contribution < -0.4 is 20.1 Å². The molecule has 1 saturated carbocycles. The molecule has 3 fully saturated rings. The molecule has 1 aliphatic carbocycles. The van der Waals surface area contributed by atoms with E-state index in [0.29, 0.717) is 41.9 Å². The maximum Gasteiger partial charge on any atom is 0.418 e. The lowest BCUT2D eigenvalue weighted by Gasteiger charge is -2.42. The minimum Gasteiger partial charge on any atom is -0.485 e. The van der Waals surface area contributed by atoms with Crippen molar-refractivity contribution < 1.29 is 32.2 Å². The fourth-order valence-electron chi connectivity index (χ4n) is 6.10. The Hall–Kier alpha value is -3.78. The van der Waals surface area contributed by atoms with Crippen molar-refractivity contribution in [2.24, 2.45) is 0 Å². The fourth-order valence-corrected chi connectivity index (χ4v) is 6.10. The van der Waals surface area contributed by atoms with E-state index in [-0.39, 0.29) is 48.0 Å². The van der Waals surface area contributed by atoms with Crippen molar-refractivity contribution in [3.63, 3.8) is 0 Å². The number of nitrogens with one attached hydrogen (secondary N) is 3. The Kier molecular flexibility index (Phi) is 6.97. The number of ether oxygens (including phenoxy) is 3. The van der Waals surface area contributed by atoms with Crippen molar-refractivity contribution >= 4 is 34.4 Å².